The van der Waals surface area contributed by atoms with Crippen LogP contribution in [-0.2, 0) is 12.8 Å². The van der Waals surface area contributed by atoms with Gasteiger partial charge in [0.2, 0.25) is 6.43 Å². The molecule has 84 valence electrons. The van der Waals surface area contributed by atoms with Crippen LogP contribution in [-0.4, -0.2) is 19.5 Å². The fourth-order valence-electron chi connectivity index (χ4n) is 1.52. The van der Waals surface area contributed by atoms with Gasteiger partial charge in [-0.2, -0.15) is 0 Å². The lowest BCUT2D eigenvalue weighted by molar-refractivity contribution is 0.149. The van der Waals surface area contributed by atoms with Gasteiger partial charge in [0.1, 0.15) is 0 Å². The van der Waals surface area contributed by atoms with Gasteiger partial charge in [-0.25, -0.2) is 8.78 Å². The van der Waals surface area contributed by atoms with Gasteiger partial charge in [0.25, 0.3) is 0 Å². The van der Waals surface area contributed by atoms with Gasteiger partial charge < -0.3 is 5.32 Å². The molecule has 0 saturated heterocycles. The Kier molecular flexibility index (Phi) is 4.69. The van der Waals surface area contributed by atoms with E-state index in [-0.39, 0.29) is 6.42 Å². The van der Waals surface area contributed by atoms with Crippen molar-refractivity contribution in [2.45, 2.75) is 32.2 Å². The first-order valence-electron chi connectivity index (χ1n) is 5.15. The van der Waals surface area contributed by atoms with Crippen LogP contribution in [0, 0.1) is 0 Å². The van der Waals surface area contributed by atoms with Crippen LogP contribution in [0.15, 0.2) is 24.3 Å². The Bertz CT molecular complexity index is 299. The number of alkyl halides is 2. The van der Waals surface area contributed by atoms with Gasteiger partial charge in [0, 0.05) is 12.5 Å². The highest BCUT2D eigenvalue weighted by molar-refractivity contribution is 5.24. The third-order valence-corrected chi connectivity index (χ3v) is 2.42. The normalized spacial score (nSPS) is 13.1. The van der Waals surface area contributed by atoms with Crippen molar-refractivity contribution in [2.24, 2.45) is 0 Å². The second kappa shape index (κ2) is 5.81. The maximum absolute atomic E-state index is 12.2. The first kappa shape index (κ1) is 12.1. The number of nitrogens with one attached hydrogen (secondary N) is 1. The Labute approximate surface area is 89.5 Å². The molecule has 0 saturated carbocycles. The Morgan fingerprint density at radius 1 is 1.20 bits per heavy atom. The monoisotopic (exact) mass is 213 g/mol. The highest BCUT2D eigenvalue weighted by Crippen LogP contribution is 2.11. The lowest BCUT2D eigenvalue weighted by Gasteiger charge is -2.10. The first-order chi connectivity index (χ1) is 7.11. The lowest BCUT2D eigenvalue weighted by atomic mass is 10.0. The summed E-state index contributed by atoms with van der Waals surface area (Å²) in [7, 11) is 1.90. The molecule has 1 aromatic carbocycles. The standard InChI is InChI=1S/C12H17F2N/c1-9(15-2)6-10-4-3-5-11(7-10)8-12(13)14/h3-5,7,9,12,15H,6,8H2,1-2H3. The van der Waals surface area contributed by atoms with Gasteiger partial charge in [-0.15, -0.1) is 0 Å². The average Bonchev–Trinajstić information content (AvgIpc) is 2.17. The molecule has 1 N–H and O–H groups in total. The number of likely N-dealkylation sites (N-methyl/N-ethyl adjacent to an activating group) is 1. The van der Waals surface area contributed by atoms with Gasteiger partial charge in [-0.1, -0.05) is 24.3 Å². The molecule has 1 aromatic rings. The summed E-state index contributed by atoms with van der Waals surface area (Å²) in [6.07, 6.45) is -1.54. The molecule has 1 nitrogen and oxygen atoms in total. The van der Waals surface area contributed by atoms with E-state index in [4.69, 9.17) is 0 Å². The summed E-state index contributed by atoms with van der Waals surface area (Å²) in [6.45, 7) is 2.07. The zero-order valence-electron chi connectivity index (χ0n) is 9.13. The van der Waals surface area contributed by atoms with E-state index in [2.05, 4.69) is 12.2 Å². The highest BCUT2D eigenvalue weighted by atomic mass is 19.3. The third-order valence-electron chi connectivity index (χ3n) is 2.42. The summed E-state index contributed by atoms with van der Waals surface area (Å²) in [4.78, 5) is 0. The zero-order valence-corrected chi connectivity index (χ0v) is 9.13. The fraction of sp³-hybridized carbons (Fsp3) is 0.500. The molecule has 0 fully saturated rings. The van der Waals surface area contributed by atoms with E-state index >= 15 is 0 Å². The number of hydrogen-bond acceptors (Lipinski definition) is 1. The van der Waals surface area contributed by atoms with Gasteiger partial charge in [-0.3, -0.25) is 0 Å². The van der Waals surface area contributed by atoms with Gasteiger partial charge in [-0.05, 0) is 31.5 Å². The summed E-state index contributed by atoms with van der Waals surface area (Å²) < 4.78 is 24.3. The van der Waals surface area contributed by atoms with E-state index in [0.29, 0.717) is 11.6 Å². The van der Waals surface area contributed by atoms with E-state index < -0.39 is 6.43 Å². The van der Waals surface area contributed by atoms with Gasteiger partial charge >= 0.3 is 0 Å². The fourth-order valence-corrected chi connectivity index (χ4v) is 1.52. The van der Waals surface area contributed by atoms with Crippen molar-refractivity contribution in [3.8, 4) is 0 Å². The molecule has 0 amide bonds. The summed E-state index contributed by atoms with van der Waals surface area (Å²) in [5.74, 6) is 0. The number of halogens is 2. The van der Waals surface area contributed by atoms with Crippen molar-refractivity contribution in [3.05, 3.63) is 35.4 Å². The van der Waals surface area contributed by atoms with Gasteiger partial charge in [0.05, 0.1) is 0 Å². The third kappa shape index (κ3) is 4.38. The van der Waals surface area contributed by atoms with E-state index in [9.17, 15) is 8.78 Å². The summed E-state index contributed by atoms with van der Waals surface area (Å²) in [6, 6.07) is 7.80. The predicted octanol–water partition coefficient (Wildman–Crippen LogP) is 2.64. The van der Waals surface area contributed by atoms with Crippen molar-refractivity contribution in [3.63, 3.8) is 0 Å². The van der Waals surface area contributed by atoms with Crippen LogP contribution in [0.25, 0.3) is 0 Å². The SMILES string of the molecule is CNC(C)Cc1cccc(CC(F)F)c1. The number of rotatable bonds is 5. The molecule has 0 heterocycles. The highest BCUT2D eigenvalue weighted by Gasteiger charge is 2.06. The molecule has 3 heteroatoms. The second-order valence-electron chi connectivity index (χ2n) is 3.81. The van der Waals surface area contributed by atoms with Crippen LogP contribution >= 0.6 is 0 Å². The molecule has 15 heavy (non-hydrogen) atoms. The minimum absolute atomic E-state index is 0.151. The molecule has 1 atom stereocenters. The zero-order chi connectivity index (χ0) is 11.3. The predicted molar refractivity (Wildman–Crippen MR) is 58.4 cm³/mol. The summed E-state index contributed by atoms with van der Waals surface area (Å²) in [5, 5.41) is 3.13. The molecule has 1 unspecified atom stereocenters. The van der Waals surface area contributed by atoms with Crippen LogP contribution in [0.2, 0.25) is 0 Å². The van der Waals surface area contributed by atoms with Crippen LogP contribution in [0.3, 0.4) is 0 Å². The Morgan fingerprint density at radius 2 is 1.80 bits per heavy atom. The minimum atomic E-state index is -2.26. The molecule has 0 aliphatic heterocycles. The van der Waals surface area contributed by atoms with Crippen molar-refractivity contribution in [1.82, 2.24) is 5.32 Å². The molecule has 0 bridgehead atoms. The van der Waals surface area contributed by atoms with Gasteiger partial charge in [0.15, 0.2) is 0 Å². The Balaban J connectivity index is 2.65. The van der Waals surface area contributed by atoms with Crippen LogP contribution in [0.4, 0.5) is 8.78 Å². The average molecular weight is 213 g/mol. The number of hydrogen-bond donors (Lipinski definition) is 1. The van der Waals surface area contributed by atoms with E-state index in [1.54, 1.807) is 6.07 Å². The van der Waals surface area contributed by atoms with Crippen LogP contribution in [0.1, 0.15) is 18.1 Å². The Morgan fingerprint density at radius 3 is 2.33 bits per heavy atom. The molecular formula is C12H17F2N. The van der Waals surface area contributed by atoms with Crippen molar-refractivity contribution in [1.29, 1.82) is 0 Å². The van der Waals surface area contributed by atoms with Crippen molar-refractivity contribution >= 4 is 0 Å². The van der Waals surface area contributed by atoms with Crippen molar-refractivity contribution in [2.75, 3.05) is 7.05 Å². The molecule has 0 radical (unpaired) electrons. The molecule has 0 aliphatic rings. The summed E-state index contributed by atoms with van der Waals surface area (Å²) in [5.41, 5.74) is 1.82. The molecule has 0 aliphatic carbocycles. The number of benzene rings is 1. The lowest BCUT2D eigenvalue weighted by Crippen LogP contribution is -2.23. The van der Waals surface area contributed by atoms with Crippen molar-refractivity contribution < 1.29 is 8.78 Å². The molecular weight excluding hydrogens is 196 g/mol. The van der Waals surface area contributed by atoms with Crippen LogP contribution < -0.4 is 5.32 Å². The smallest absolute Gasteiger partial charge is 0.242 e. The quantitative estimate of drug-likeness (QED) is 0.793. The van der Waals surface area contributed by atoms with E-state index in [1.165, 1.54) is 0 Å². The Hall–Kier alpha value is -0.960. The molecule has 0 aromatic heterocycles. The maximum atomic E-state index is 12.2. The first-order valence-corrected chi connectivity index (χ1v) is 5.15. The summed E-state index contributed by atoms with van der Waals surface area (Å²) >= 11 is 0. The minimum Gasteiger partial charge on any atom is -0.317 e. The molecule has 1 rings (SSSR count). The largest absolute Gasteiger partial charge is 0.317 e. The van der Waals surface area contributed by atoms with E-state index in [0.717, 1.165) is 12.0 Å². The topological polar surface area (TPSA) is 12.0 Å². The van der Waals surface area contributed by atoms with Crippen LogP contribution in [0.5, 0.6) is 0 Å². The molecule has 0 spiro atoms. The van der Waals surface area contributed by atoms with E-state index in [1.807, 2.05) is 25.2 Å². The maximum Gasteiger partial charge on any atom is 0.242 e. The second-order valence-corrected chi connectivity index (χ2v) is 3.81.